The van der Waals surface area contributed by atoms with Crippen molar-refractivity contribution in [3.8, 4) is 0 Å². The molecule has 1 amide bonds. The quantitative estimate of drug-likeness (QED) is 0.497. The molecule has 1 fully saturated rings. The third-order valence-corrected chi connectivity index (χ3v) is 7.82. The molecule has 172 valence electrons. The Hall–Kier alpha value is -3.03. The number of rotatable bonds is 8. The van der Waals surface area contributed by atoms with Gasteiger partial charge in [-0.05, 0) is 47.7 Å². The van der Waals surface area contributed by atoms with Crippen LogP contribution in [0.4, 0.5) is 0 Å². The molecule has 3 aromatic carbocycles. The standard InChI is InChI=1S/C26H28N2O4S/c29-19-23(17-20-9-3-1-4-10-20)27-25(30)26(15-7-2-8-16-26)28-33(31,32)24-14-13-21-11-5-6-12-22(21)18-24/h1,3-6,9-14,18-19,23,28H,2,7-8,15-17H2,(H,27,30)/t23-/m0/s1. The summed E-state index contributed by atoms with van der Waals surface area (Å²) in [5, 5.41) is 4.55. The molecule has 1 saturated carbocycles. The van der Waals surface area contributed by atoms with Gasteiger partial charge in [0.2, 0.25) is 15.9 Å². The van der Waals surface area contributed by atoms with Crippen LogP contribution in [0.3, 0.4) is 0 Å². The first-order valence-electron chi connectivity index (χ1n) is 11.2. The second-order valence-electron chi connectivity index (χ2n) is 8.66. The van der Waals surface area contributed by atoms with Gasteiger partial charge in [-0.2, -0.15) is 4.72 Å². The highest BCUT2D eigenvalue weighted by atomic mass is 32.2. The van der Waals surface area contributed by atoms with Crippen LogP contribution in [0.2, 0.25) is 0 Å². The van der Waals surface area contributed by atoms with Gasteiger partial charge in [0.05, 0.1) is 10.9 Å². The van der Waals surface area contributed by atoms with Crippen LogP contribution >= 0.6 is 0 Å². The van der Waals surface area contributed by atoms with Gasteiger partial charge in [0.15, 0.2) is 0 Å². The van der Waals surface area contributed by atoms with Crippen molar-refractivity contribution in [3.05, 3.63) is 78.4 Å². The summed E-state index contributed by atoms with van der Waals surface area (Å²) in [6, 6.07) is 21.2. The van der Waals surface area contributed by atoms with Gasteiger partial charge in [0, 0.05) is 0 Å². The molecule has 0 heterocycles. The fourth-order valence-corrected chi connectivity index (χ4v) is 5.95. The average Bonchev–Trinajstić information content (AvgIpc) is 2.84. The molecule has 4 rings (SSSR count). The van der Waals surface area contributed by atoms with Gasteiger partial charge >= 0.3 is 0 Å². The summed E-state index contributed by atoms with van der Waals surface area (Å²) >= 11 is 0. The van der Waals surface area contributed by atoms with Crippen molar-refractivity contribution >= 4 is 33.0 Å². The molecular weight excluding hydrogens is 436 g/mol. The number of amides is 1. The molecule has 1 aliphatic rings. The summed E-state index contributed by atoms with van der Waals surface area (Å²) in [6.45, 7) is 0. The molecule has 0 aliphatic heterocycles. The lowest BCUT2D eigenvalue weighted by molar-refractivity contribution is -0.130. The summed E-state index contributed by atoms with van der Waals surface area (Å²) in [4.78, 5) is 25.2. The van der Waals surface area contributed by atoms with Crippen LogP contribution < -0.4 is 10.0 Å². The van der Waals surface area contributed by atoms with E-state index in [0.29, 0.717) is 25.5 Å². The first-order valence-corrected chi connectivity index (χ1v) is 12.7. The molecule has 0 bridgehead atoms. The topological polar surface area (TPSA) is 92.3 Å². The average molecular weight is 465 g/mol. The summed E-state index contributed by atoms with van der Waals surface area (Å²) in [5.41, 5.74) is -0.356. The maximum atomic E-state index is 13.4. The molecule has 33 heavy (non-hydrogen) atoms. The van der Waals surface area contributed by atoms with Crippen LogP contribution in [0, 0.1) is 0 Å². The monoisotopic (exact) mass is 464 g/mol. The summed E-state index contributed by atoms with van der Waals surface area (Å²) in [7, 11) is -3.96. The lowest BCUT2D eigenvalue weighted by Crippen LogP contribution is -2.61. The maximum Gasteiger partial charge on any atom is 0.241 e. The Bertz CT molecular complexity index is 1240. The van der Waals surface area contributed by atoms with Crippen molar-refractivity contribution in [2.75, 3.05) is 0 Å². The van der Waals surface area contributed by atoms with Crippen molar-refractivity contribution < 1.29 is 18.0 Å². The zero-order valence-electron chi connectivity index (χ0n) is 18.4. The lowest BCUT2D eigenvalue weighted by atomic mass is 9.81. The van der Waals surface area contributed by atoms with E-state index in [1.807, 2.05) is 54.6 Å². The van der Waals surface area contributed by atoms with Gasteiger partial charge in [-0.1, -0.05) is 79.9 Å². The number of hydrogen-bond acceptors (Lipinski definition) is 4. The number of carbonyl (C=O) groups excluding carboxylic acids is 2. The minimum Gasteiger partial charge on any atom is -0.345 e. The Morgan fingerprint density at radius 2 is 1.58 bits per heavy atom. The molecule has 0 unspecified atom stereocenters. The van der Waals surface area contributed by atoms with E-state index in [4.69, 9.17) is 0 Å². The molecule has 0 radical (unpaired) electrons. The number of hydrogen-bond donors (Lipinski definition) is 2. The molecule has 0 aromatic heterocycles. The fourth-order valence-electron chi connectivity index (χ4n) is 4.49. The highest BCUT2D eigenvalue weighted by Gasteiger charge is 2.43. The molecule has 6 nitrogen and oxygen atoms in total. The highest BCUT2D eigenvalue weighted by molar-refractivity contribution is 7.89. The number of sulfonamides is 1. The van der Waals surface area contributed by atoms with Gasteiger partial charge in [-0.15, -0.1) is 0 Å². The molecule has 1 atom stereocenters. The van der Waals surface area contributed by atoms with Crippen molar-refractivity contribution in [1.82, 2.24) is 10.0 Å². The summed E-state index contributed by atoms with van der Waals surface area (Å²) in [5.74, 6) is -0.445. The smallest absolute Gasteiger partial charge is 0.241 e. The second-order valence-corrected chi connectivity index (χ2v) is 10.3. The van der Waals surface area contributed by atoms with E-state index < -0.39 is 27.5 Å². The lowest BCUT2D eigenvalue weighted by Gasteiger charge is -2.37. The molecular formula is C26H28N2O4S. The summed E-state index contributed by atoms with van der Waals surface area (Å²) in [6.07, 6.45) is 4.25. The third kappa shape index (κ3) is 5.31. The Kier molecular flexibility index (Phi) is 6.91. The van der Waals surface area contributed by atoms with E-state index >= 15 is 0 Å². The molecule has 3 aromatic rings. The van der Waals surface area contributed by atoms with E-state index in [-0.39, 0.29) is 4.90 Å². The Balaban J connectivity index is 1.58. The Labute approximate surface area is 194 Å². The van der Waals surface area contributed by atoms with Crippen molar-refractivity contribution in [3.63, 3.8) is 0 Å². The van der Waals surface area contributed by atoms with Gasteiger partial charge in [-0.25, -0.2) is 8.42 Å². The SMILES string of the molecule is O=C[C@H](Cc1ccccc1)NC(=O)C1(NS(=O)(=O)c2ccc3ccccc3c2)CCCCC1. The van der Waals surface area contributed by atoms with Crippen molar-refractivity contribution in [2.45, 2.75) is 55.0 Å². The summed E-state index contributed by atoms with van der Waals surface area (Å²) < 4.78 is 29.4. The van der Waals surface area contributed by atoms with E-state index in [2.05, 4.69) is 10.0 Å². The number of aldehydes is 1. The minimum absolute atomic E-state index is 0.121. The zero-order valence-corrected chi connectivity index (χ0v) is 19.2. The fraction of sp³-hybridized carbons (Fsp3) is 0.308. The van der Waals surface area contributed by atoms with E-state index in [0.717, 1.165) is 35.6 Å². The van der Waals surface area contributed by atoms with E-state index in [9.17, 15) is 18.0 Å². The van der Waals surface area contributed by atoms with Gasteiger partial charge in [0.1, 0.15) is 11.8 Å². The van der Waals surface area contributed by atoms with Crippen molar-refractivity contribution in [1.29, 1.82) is 0 Å². The predicted molar refractivity (Wildman–Crippen MR) is 128 cm³/mol. The number of nitrogens with one attached hydrogen (secondary N) is 2. The van der Waals surface area contributed by atoms with Crippen LogP contribution in [-0.4, -0.2) is 32.2 Å². The Morgan fingerprint density at radius 3 is 2.27 bits per heavy atom. The third-order valence-electron chi connectivity index (χ3n) is 6.28. The number of fused-ring (bicyclic) bond motifs is 1. The second kappa shape index (κ2) is 9.85. The Morgan fingerprint density at radius 1 is 0.909 bits per heavy atom. The maximum absolute atomic E-state index is 13.4. The minimum atomic E-state index is -3.96. The largest absolute Gasteiger partial charge is 0.345 e. The normalized spacial score (nSPS) is 16.7. The molecule has 2 N–H and O–H groups in total. The first-order chi connectivity index (χ1) is 15.9. The van der Waals surface area contributed by atoms with Crippen LogP contribution in [0.15, 0.2) is 77.7 Å². The van der Waals surface area contributed by atoms with Crippen LogP contribution in [0.1, 0.15) is 37.7 Å². The highest BCUT2D eigenvalue weighted by Crippen LogP contribution is 2.31. The van der Waals surface area contributed by atoms with E-state index in [1.54, 1.807) is 18.2 Å². The molecule has 0 saturated heterocycles. The van der Waals surface area contributed by atoms with Crippen molar-refractivity contribution in [2.24, 2.45) is 0 Å². The van der Waals surface area contributed by atoms with E-state index in [1.165, 1.54) is 0 Å². The van der Waals surface area contributed by atoms with Crippen LogP contribution in [0.5, 0.6) is 0 Å². The van der Waals surface area contributed by atoms with Gasteiger partial charge < -0.3 is 10.1 Å². The molecule has 0 spiro atoms. The molecule has 7 heteroatoms. The first kappa shape index (κ1) is 23.1. The number of benzene rings is 3. The zero-order chi connectivity index (χ0) is 23.3. The predicted octanol–water partition coefficient (Wildman–Crippen LogP) is 3.75. The van der Waals surface area contributed by atoms with Crippen LogP contribution in [-0.2, 0) is 26.0 Å². The molecule has 1 aliphatic carbocycles. The van der Waals surface area contributed by atoms with Crippen LogP contribution in [0.25, 0.3) is 10.8 Å². The van der Waals surface area contributed by atoms with Gasteiger partial charge in [0.25, 0.3) is 0 Å². The number of carbonyl (C=O) groups is 2. The van der Waals surface area contributed by atoms with Gasteiger partial charge in [-0.3, -0.25) is 4.79 Å².